The summed E-state index contributed by atoms with van der Waals surface area (Å²) in [7, 11) is 1.90. The molecule has 0 saturated heterocycles. The van der Waals surface area contributed by atoms with Crippen LogP contribution in [0.5, 0.6) is 0 Å². The van der Waals surface area contributed by atoms with Gasteiger partial charge in [-0.25, -0.2) is 9.97 Å². The lowest BCUT2D eigenvalue weighted by atomic mass is 9.94. The highest BCUT2D eigenvalue weighted by atomic mass is 15.0. The highest BCUT2D eigenvalue weighted by molar-refractivity contribution is 5.96. The van der Waals surface area contributed by atoms with Gasteiger partial charge in [-0.05, 0) is 16.7 Å². The lowest BCUT2D eigenvalue weighted by Gasteiger charge is -2.16. The Morgan fingerprint density at radius 1 is 0.952 bits per heavy atom. The van der Waals surface area contributed by atoms with Crippen LogP contribution in [0.25, 0.3) is 22.0 Å². The number of hydrogen-bond donors (Lipinski definition) is 1. The Kier molecular flexibility index (Phi) is 3.57. The second-order valence-electron chi connectivity index (χ2n) is 5.42. The molecular formula is C18H19N3. The third-order valence-electron chi connectivity index (χ3n) is 3.74. The minimum absolute atomic E-state index is 0.350. The highest BCUT2D eigenvalue weighted by Crippen LogP contribution is 2.35. The van der Waals surface area contributed by atoms with Gasteiger partial charge in [0.05, 0.1) is 5.69 Å². The predicted molar refractivity (Wildman–Crippen MR) is 88.6 cm³/mol. The van der Waals surface area contributed by atoms with Gasteiger partial charge in [-0.2, -0.15) is 0 Å². The average molecular weight is 277 g/mol. The van der Waals surface area contributed by atoms with Crippen molar-refractivity contribution in [2.75, 3.05) is 12.4 Å². The van der Waals surface area contributed by atoms with Crippen molar-refractivity contribution in [3.8, 4) is 11.3 Å². The first-order valence-electron chi connectivity index (χ1n) is 7.23. The first-order valence-corrected chi connectivity index (χ1v) is 7.23. The monoisotopic (exact) mass is 277 g/mol. The lowest BCUT2D eigenvalue weighted by molar-refractivity contribution is 0.852. The molecule has 1 aromatic heterocycles. The average Bonchev–Trinajstić information content (AvgIpc) is 2.53. The Bertz CT molecular complexity index is 773. The van der Waals surface area contributed by atoms with E-state index >= 15 is 0 Å². The van der Waals surface area contributed by atoms with Crippen molar-refractivity contribution in [3.05, 3.63) is 54.4 Å². The van der Waals surface area contributed by atoms with Crippen LogP contribution in [0, 0.1) is 0 Å². The van der Waals surface area contributed by atoms with Gasteiger partial charge in [0.2, 0.25) is 0 Å². The number of nitrogens with one attached hydrogen (secondary N) is 1. The molecule has 106 valence electrons. The Balaban J connectivity index is 2.33. The summed E-state index contributed by atoms with van der Waals surface area (Å²) in [6.45, 7) is 4.35. The number of benzene rings is 2. The first kappa shape index (κ1) is 13.6. The fraction of sp³-hybridized carbons (Fsp3) is 0.222. The van der Waals surface area contributed by atoms with Crippen LogP contribution in [0.4, 0.5) is 5.82 Å². The molecular weight excluding hydrogens is 258 g/mol. The Morgan fingerprint density at radius 2 is 1.71 bits per heavy atom. The minimum Gasteiger partial charge on any atom is -0.373 e. The van der Waals surface area contributed by atoms with Gasteiger partial charge >= 0.3 is 0 Å². The molecule has 21 heavy (non-hydrogen) atoms. The van der Waals surface area contributed by atoms with E-state index in [0.29, 0.717) is 5.92 Å². The largest absolute Gasteiger partial charge is 0.373 e. The van der Waals surface area contributed by atoms with Gasteiger partial charge in [-0.1, -0.05) is 56.3 Å². The van der Waals surface area contributed by atoms with Crippen molar-refractivity contribution in [2.45, 2.75) is 19.8 Å². The zero-order chi connectivity index (χ0) is 14.8. The lowest BCUT2D eigenvalue weighted by Crippen LogP contribution is -2.04. The predicted octanol–water partition coefficient (Wildman–Crippen LogP) is 4.46. The van der Waals surface area contributed by atoms with E-state index in [4.69, 9.17) is 0 Å². The van der Waals surface area contributed by atoms with Crippen molar-refractivity contribution in [1.29, 1.82) is 0 Å². The van der Waals surface area contributed by atoms with Gasteiger partial charge in [-0.15, -0.1) is 0 Å². The summed E-state index contributed by atoms with van der Waals surface area (Å²) in [6, 6.07) is 14.8. The van der Waals surface area contributed by atoms with Crippen molar-refractivity contribution >= 4 is 16.6 Å². The molecule has 0 aliphatic carbocycles. The topological polar surface area (TPSA) is 37.8 Å². The number of anilines is 1. The maximum atomic E-state index is 4.58. The van der Waals surface area contributed by atoms with E-state index in [1.165, 1.54) is 10.8 Å². The fourth-order valence-corrected chi connectivity index (χ4v) is 2.79. The van der Waals surface area contributed by atoms with E-state index in [1.807, 2.05) is 7.05 Å². The number of fused-ring (bicyclic) bond motifs is 1. The molecule has 0 saturated carbocycles. The summed E-state index contributed by atoms with van der Waals surface area (Å²) in [4.78, 5) is 8.94. The molecule has 0 aliphatic heterocycles. The molecule has 0 aliphatic rings. The number of rotatable bonds is 3. The molecule has 0 atom stereocenters. The molecule has 0 radical (unpaired) electrons. The van der Waals surface area contributed by atoms with Gasteiger partial charge < -0.3 is 5.32 Å². The standard InChI is InChI=1S/C18H19N3/c1-12(2)16-17(20-11-21-18(16)19-3)15-10-6-8-13-7-4-5-9-14(13)15/h4-12H,1-3H3,(H,19,20,21). The third-order valence-corrected chi connectivity index (χ3v) is 3.74. The van der Waals surface area contributed by atoms with Gasteiger partial charge in [-0.3, -0.25) is 0 Å². The maximum absolute atomic E-state index is 4.58. The van der Waals surface area contributed by atoms with Crippen molar-refractivity contribution in [1.82, 2.24) is 9.97 Å². The fourth-order valence-electron chi connectivity index (χ4n) is 2.79. The minimum atomic E-state index is 0.350. The van der Waals surface area contributed by atoms with E-state index in [2.05, 4.69) is 71.6 Å². The van der Waals surface area contributed by atoms with Crippen LogP contribution in [0.15, 0.2) is 48.8 Å². The highest BCUT2D eigenvalue weighted by Gasteiger charge is 2.16. The van der Waals surface area contributed by atoms with Gasteiger partial charge in [0.1, 0.15) is 12.1 Å². The summed E-state index contributed by atoms with van der Waals surface area (Å²) < 4.78 is 0. The van der Waals surface area contributed by atoms with Crippen LogP contribution in [-0.4, -0.2) is 17.0 Å². The normalized spacial score (nSPS) is 11.0. The SMILES string of the molecule is CNc1ncnc(-c2cccc3ccccc23)c1C(C)C. The molecule has 3 rings (SSSR count). The van der Waals surface area contributed by atoms with Gasteiger partial charge in [0.25, 0.3) is 0 Å². The second-order valence-corrected chi connectivity index (χ2v) is 5.42. The third kappa shape index (κ3) is 2.35. The Morgan fingerprint density at radius 3 is 2.48 bits per heavy atom. The van der Waals surface area contributed by atoms with Crippen LogP contribution in [0.1, 0.15) is 25.3 Å². The Hall–Kier alpha value is -2.42. The van der Waals surface area contributed by atoms with Crippen molar-refractivity contribution < 1.29 is 0 Å². The molecule has 1 heterocycles. The van der Waals surface area contributed by atoms with Crippen LogP contribution in [0.3, 0.4) is 0 Å². The van der Waals surface area contributed by atoms with E-state index in [0.717, 1.165) is 22.6 Å². The molecule has 0 unspecified atom stereocenters. The van der Waals surface area contributed by atoms with Crippen molar-refractivity contribution in [2.24, 2.45) is 0 Å². The number of aromatic nitrogens is 2. The molecule has 0 spiro atoms. The van der Waals surface area contributed by atoms with Gasteiger partial charge in [0, 0.05) is 18.2 Å². The molecule has 3 heteroatoms. The van der Waals surface area contributed by atoms with E-state index < -0.39 is 0 Å². The zero-order valence-electron chi connectivity index (χ0n) is 12.6. The second kappa shape index (κ2) is 5.52. The smallest absolute Gasteiger partial charge is 0.133 e. The first-order chi connectivity index (χ1) is 10.2. The van der Waals surface area contributed by atoms with Crippen LogP contribution in [0.2, 0.25) is 0 Å². The number of hydrogen-bond acceptors (Lipinski definition) is 3. The van der Waals surface area contributed by atoms with Crippen LogP contribution in [-0.2, 0) is 0 Å². The van der Waals surface area contributed by atoms with Crippen molar-refractivity contribution in [3.63, 3.8) is 0 Å². The quantitative estimate of drug-likeness (QED) is 0.768. The zero-order valence-corrected chi connectivity index (χ0v) is 12.6. The van der Waals surface area contributed by atoms with E-state index in [1.54, 1.807) is 6.33 Å². The number of nitrogens with zero attached hydrogens (tertiary/aromatic N) is 2. The summed E-state index contributed by atoms with van der Waals surface area (Å²) >= 11 is 0. The van der Waals surface area contributed by atoms with Gasteiger partial charge in [0.15, 0.2) is 0 Å². The maximum Gasteiger partial charge on any atom is 0.133 e. The molecule has 0 bridgehead atoms. The van der Waals surface area contributed by atoms with Crippen LogP contribution < -0.4 is 5.32 Å². The Labute approximate surface area is 125 Å². The van der Waals surface area contributed by atoms with E-state index in [9.17, 15) is 0 Å². The van der Waals surface area contributed by atoms with E-state index in [-0.39, 0.29) is 0 Å². The molecule has 2 aromatic carbocycles. The van der Waals surface area contributed by atoms with Crippen LogP contribution >= 0.6 is 0 Å². The molecule has 3 aromatic rings. The molecule has 0 amide bonds. The summed E-state index contributed by atoms with van der Waals surface area (Å²) in [5.41, 5.74) is 3.34. The summed E-state index contributed by atoms with van der Waals surface area (Å²) in [5.74, 6) is 1.26. The molecule has 3 nitrogen and oxygen atoms in total. The molecule has 0 fully saturated rings. The summed E-state index contributed by atoms with van der Waals surface area (Å²) in [6.07, 6.45) is 1.63. The molecule has 1 N–H and O–H groups in total. The summed E-state index contributed by atoms with van der Waals surface area (Å²) in [5, 5.41) is 5.64.